The number of halogens is 1. The molecule has 0 radical (unpaired) electrons. The van der Waals surface area contributed by atoms with Gasteiger partial charge in [0, 0.05) is 32.5 Å². The molecule has 1 aromatic carbocycles. The molecule has 28 heavy (non-hydrogen) atoms. The molecule has 3 rings (SSSR count). The molecular weight excluding hydrogens is 380 g/mol. The number of nitrogens with one attached hydrogen (secondary N) is 1. The van der Waals surface area contributed by atoms with Gasteiger partial charge in [0.05, 0.1) is 16.2 Å². The number of carbonyl (C=O) groups excluding carboxylic acids is 1. The third kappa shape index (κ3) is 4.36. The van der Waals surface area contributed by atoms with Crippen LogP contribution in [0, 0.1) is 0 Å². The van der Waals surface area contributed by atoms with Gasteiger partial charge in [-0.05, 0) is 37.1 Å². The summed E-state index contributed by atoms with van der Waals surface area (Å²) in [5.41, 5.74) is -0.182. The quantitative estimate of drug-likeness (QED) is 0.799. The molecule has 1 aliphatic rings. The summed E-state index contributed by atoms with van der Waals surface area (Å²) in [5, 5.41) is 13.7. The number of hydrogen-bond acceptors (Lipinski definition) is 5. The summed E-state index contributed by atoms with van der Waals surface area (Å²) >= 11 is 6.25. The van der Waals surface area contributed by atoms with Gasteiger partial charge in [0.25, 0.3) is 5.91 Å². The second-order valence-electron chi connectivity index (χ2n) is 7.34. The molecule has 1 fully saturated rings. The van der Waals surface area contributed by atoms with Crippen molar-refractivity contribution in [1.29, 1.82) is 0 Å². The highest BCUT2D eigenvalue weighted by atomic mass is 35.5. The van der Waals surface area contributed by atoms with Crippen molar-refractivity contribution >= 4 is 29.0 Å². The SMILES string of the molecule is CN(c1ccc(Cl)c(C(=O)NCC2(O)CCCCC2)c1)c1ccnc(=O)n1C. The molecule has 0 spiro atoms. The predicted octanol–water partition coefficient (Wildman–Crippen LogP) is 2.63. The van der Waals surface area contributed by atoms with Gasteiger partial charge < -0.3 is 15.3 Å². The van der Waals surface area contributed by atoms with E-state index in [0.29, 0.717) is 34.9 Å². The molecule has 0 saturated heterocycles. The van der Waals surface area contributed by atoms with Crippen LogP contribution >= 0.6 is 11.6 Å². The average molecular weight is 405 g/mol. The van der Waals surface area contributed by atoms with Gasteiger partial charge in [0.1, 0.15) is 5.82 Å². The van der Waals surface area contributed by atoms with E-state index in [-0.39, 0.29) is 18.1 Å². The van der Waals surface area contributed by atoms with Crippen LogP contribution in [0.1, 0.15) is 42.5 Å². The first kappa shape index (κ1) is 20.4. The van der Waals surface area contributed by atoms with E-state index in [2.05, 4.69) is 10.3 Å². The van der Waals surface area contributed by atoms with E-state index in [0.717, 1.165) is 19.3 Å². The third-order valence-corrected chi connectivity index (χ3v) is 5.66. The van der Waals surface area contributed by atoms with Crippen molar-refractivity contribution in [2.45, 2.75) is 37.7 Å². The Morgan fingerprint density at radius 2 is 2.04 bits per heavy atom. The lowest BCUT2D eigenvalue weighted by atomic mass is 9.85. The minimum Gasteiger partial charge on any atom is -0.388 e. The fourth-order valence-corrected chi connectivity index (χ4v) is 3.76. The van der Waals surface area contributed by atoms with Crippen molar-refractivity contribution in [2.75, 3.05) is 18.5 Å². The standard InChI is InChI=1S/C20H25ClN4O3/c1-24(17-8-11-22-19(27)25(17)2)14-6-7-16(21)15(12-14)18(26)23-13-20(28)9-4-3-5-10-20/h6-8,11-12,28H,3-5,9-10,13H2,1-2H3,(H,23,26). The molecule has 0 atom stereocenters. The number of nitrogens with zero attached hydrogens (tertiary/aromatic N) is 3. The minimum atomic E-state index is -0.843. The van der Waals surface area contributed by atoms with Crippen LogP contribution in [0.2, 0.25) is 5.02 Å². The van der Waals surface area contributed by atoms with Gasteiger partial charge in [-0.25, -0.2) is 9.78 Å². The fraction of sp³-hybridized carbons (Fsp3) is 0.450. The molecule has 1 saturated carbocycles. The maximum atomic E-state index is 12.7. The topological polar surface area (TPSA) is 87.5 Å². The summed E-state index contributed by atoms with van der Waals surface area (Å²) in [4.78, 5) is 30.0. The molecule has 0 unspecified atom stereocenters. The van der Waals surface area contributed by atoms with E-state index in [4.69, 9.17) is 11.6 Å². The normalized spacial score (nSPS) is 15.9. The van der Waals surface area contributed by atoms with Crippen LogP contribution in [0.25, 0.3) is 0 Å². The van der Waals surface area contributed by atoms with Crippen molar-refractivity contribution in [3.63, 3.8) is 0 Å². The number of aromatic nitrogens is 2. The number of rotatable bonds is 5. The minimum absolute atomic E-state index is 0.209. The Labute approximate surface area is 169 Å². The molecule has 1 aliphatic carbocycles. The zero-order valence-electron chi connectivity index (χ0n) is 16.1. The van der Waals surface area contributed by atoms with Gasteiger partial charge in [0.2, 0.25) is 0 Å². The zero-order chi connectivity index (χ0) is 20.3. The lowest BCUT2D eigenvalue weighted by molar-refractivity contribution is 0.00526. The first-order valence-corrected chi connectivity index (χ1v) is 9.74. The monoisotopic (exact) mass is 404 g/mol. The largest absolute Gasteiger partial charge is 0.388 e. The Morgan fingerprint density at radius 3 is 2.75 bits per heavy atom. The van der Waals surface area contributed by atoms with E-state index in [1.807, 2.05) is 0 Å². The molecule has 1 heterocycles. The molecule has 2 aromatic rings. The molecule has 1 aromatic heterocycles. The maximum Gasteiger partial charge on any atom is 0.348 e. The van der Waals surface area contributed by atoms with Crippen molar-refractivity contribution < 1.29 is 9.90 Å². The first-order chi connectivity index (χ1) is 13.3. The third-order valence-electron chi connectivity index (χ3n) is 5.33. The molecule has 7 nitrogen and oxygen atoms in total. The maximum absolute atomic E-state index is 12.7. The number of hydrogen-bond donors (Lipinski definition) is 2. The zero-order valence-corrected chi connectivity index (χ0v) is 16.9. The van der Waals surface area contributed by atoms with E-state index in [9.17, 15) is 14.7 Å². The highest BCUT2D eigenvalue weighted by Gasteiger charge is 2.29. The number of anilines is 2. The summed E-state index contributed by atoms with van der Waals surface area (Å²) in [6.07, 6.45) is 5.90. The number of amides is 1. The van der Waals surface area contributed by atoms with Gasteiger partial charge in [-0.2, -0.15) is 0 Å². The summed E-state index contributed by atoms with van der Waals surface area (Å²) in [6.45, 7) is 0.209. The Morgan fingerprint density at radius 1 is 1.32 bits per heavy atom. The Hall–Kier alpha value is -2.38. The lowest BCUT2D eigenvalue weighted by Gasteiger charge is -2.32. The van der Waals surface area contributed by atoms with Crippen LogP contribution in [0.3, 0.4) is 0 Å². The average Bonchev–Trinajstić information content (AvgIpc) is 2.69. The van der Waals surface area contributed by atoms with E-state index < -0.39 is 5.60 Å². The van der Waals surface area contributed by atoms with Crippen LogP contribution in [-0.4, -0.2) is 39.8 Å². The molecule has 0 bridgehead atoms. The van der Waals surface area contributed by atoms with E-state index in [1.165, 1.54) is 10.8 Å². The van der Waals surface area contributed by atoms with E-state index in [1.54, 1.807) is 43.3 Å². The van der Waals surface area contributed by atoms with Crippen molar-refractivity contribution in [1.82, 2.24) is 14.9 Å². The molecule has 2 N–H and O–H groups in total. The van der Waals surface area contributed by atoms with Gasteiger partial charge in [-0.15, -0.1) is 0 Å². The molecule has 1 amide bonds. The predicted molar refractivity (Wildman–Crippen MR) is 109 cm³/mol. The van der Waals surface area contributed by atoms with Crippen molar-refractivity contribution in [3.05, 3.63) is 51.5 Å². The van der Waals surface area contributed by atoms with Gasteiger partial charge >= 0.3 is 5.69 Å². The summed E-state index contributed by atoms with van der Waals surface area (Å²) < 4.78 is 1.42. The molecule has 0 aliphatic heterocycles. The summed E-state index contributed by atoms with van der Waals surface area (Å²) in [5.74, 6) is 0.299. The van der Waals surface area contributed by atoms with Crippen LogP contribution < -0.4 is 15.9 Å². The molecule has 150 valence electrons. The summed E-state index contributed by atoms with van der Waals surface area (Å²) in [6, 6.07) is 6.82. The highest BCUT2D eigenvalue weighted by Crippen LogP contribution is 2.29. The van der Waals surface area contributed by atoms with Crippen LogP contribution in [0.5, 0.6) is 0 Å². The number of carbonyl (C=O) groups is 1. The van der Waals surface area contributed by atoms with Gasteiger partial charge in [-0.3, -0.25) is 9.36 Å². The van der Waals surface area contributed by atoms with Crippen molar-refractivity contribution in [3.8, 4) is 0 Å². The Kier molecular flexibility index (Phi) is 6.05. The molecule has 8 heteroatoms. The Bertz CT molecular complexity index is 922. The second-order valence-corrected chi connectivity index (χ2v) is 7.74. The highest BCUT2D eigenvalue weighted by molar-refractivity contribution is 6.34. The Balaban J connectivity index is 1.80. The second kappa shape index (κ2) is 8.32. The first-order valence-electron chi connectivity index (χ1n) is 9.37. The van der Waals surface area contributed by atoms with Crippen molar-refractivity contribution in [2.24, 2.45) is 7.05 Å². The number of aliphatic hydroxyl groups is 1. The van der Waals surface area contributed by atoms with Gasteiger partial charge in [0.15, 0.2) is 0 Å². The number of benzene rings is 1. The fourth-order valence-electron chi connectivity index (χ4n) is 3.56. The van der Waals surface area contributed by atoms with E-state index >= 15 is 0 Å². The lowest BCUT2D eigenvalue weighted by Crippen LogP contribution is -2.44. The van der Waals surface area contributed by atoms with Crippen LogP contribution in [0.15, 0.2) is 35.3 Å². The molecular formula is C20H25ClN4O3. The smallest absolute Gasteiger partial charge is 0.348 e. The van der Waals surface area contributed by atoms with Crippen LogP contribution in [-0.2, 0) is 7.05 Å². The summed E-state index contributed by atoms with van der Waals surface area (Å²) in [7, 11) is 3.43. The van der Waals surface area contributed by atoms with Crippen LogP contribution in [0.4, 0.5) is 11.5 Å². The van der Waals surface area contributed by atoms with Gasteiger partial charge in [-0.1, -0.05) is 30.9 Å².